The van der Waals surface area contributed by atoms with Crippen LogP contribution in [0.3, 0.4) is 0 Å². The van der Waals surface area contributed by atoms with E-state index in [1.54, 1.807) is 18.2 Å². The topological polar surface area (TPSA) is 59.6 Å². The first kappa shape index (κ1) is 17.1. The van der Waals surface area contributed by atoms with Crippen LogP contribution in [0.2, 0.25) is 5.02 Å². The van der Waals surface area contributed by atoms with E-state index >= 15 is 0 Å². The molecule has 0 amide bonds. The zero-order valence-corrected chi connectivity index (χ0v) is 13.3. The third-order valence-corrected chi connectivity index (χ3v) is 2.99. The van der Waals surface area contributed by atoms with Crippen LogP contribution in [0.25, 0.3) is 0 Å². The Hall–Kier alpha value is -2.25. The molecule has 2 rings (SSSR count). The monoisotopic (exact) mass is 355 g/mol. The molecule has 0 aliphatic rings. The molecule has 0 unspecified atom stereocenters. The van der Waals surface area contributed by atoms with Gasteiger partial charge in [-0.3, -0.25) is 5.43 Å². The molecule has 0 saturated carbocycles. The number of benzene rings is 2. The molecule has 0 aliphatic carbocycles. The number of nitrogens with zero attached hydrogens (tertiary/aromatic N) is 1. The van der Waals surface area contributed by atoms with Crippen molar-refractivity contribution < 1.29 is 13.5 Å². The molecule has 120 valence electrons. The average Bonchev–Trinajstić information content (AvgIpc) is 2.45. The molecule has 0 saturated heterocycles. The number of hydrogen-bond donors (Lipinski definition) is 2. The summed E-state index contributed by atoms with van der Waals surface area (Å²) in [5, 5.41) is 4.32. The number of ether oxygens (including phenoxy) is 1. The summed E-state index contributed by atoms with van der Waals surface area (Å²) in [5.41, 5.74) is 8.59. The van der Waals surface area contributed by atoms with Crippen molar-refractivity contribution in [1.82, 2.24) is 5.43 Å². The summed E-state index contributed by atoms with van der Waals surface area (Å²) >= 11 is 10.6. The molecule has 0 bridgehead atoms. The third-order valence-electron chi connectivity index (χ3n) is 2.67. The first-order chi connectivity index (χ1) is 10.9. The van der Waals surface area contributed by atoms with Gasteiger partial charge in [-0.2, -0.15) is 5.10 Å². The minimum absolute atomic E-state index is 0.0140. The molecule has 0 atom stereocenters. The molecule has 2 aromatic rings. The van der Waals surface area contributed by atoms with E-state index in [1.807, 2.05) is 0 Å². The SMILES string of the molecule is NC(=S)NN=Cc1cc(Cl)ccc1OCc1cc(F)cc(F)c1. The van der Waals surface area contributed by atoms with Gasteiger partial charge in [-0.25, -0.2) is 8.78 Å². The number of nitrogens with two attached hydrogens (primary N) is 1. The molecule has 2 aromatic carbocycles. The van der Waals surface area contributed by atoms with Gasteiger partial charge in [0.25, 0.3) is 0 Å². The molecule has 4 nitrogen and oxygen atoms in total. The lowest BCUT2D eigenvalue weighted by Gasteiger charge is -2.10. The second kappa shape index (κ2) is 7.85. The lowest BCUT2D eigenvalue weighted by Crippen LogP contribution is -2.24. The fraction of sp³-hybridized carbons (Fsp3) is 0.0667. The van der Waals surface area contributed by atoms with E-state index in [0.717, 1.165) is 6.07 Å². The van der Waals surface area contributed by atoms with Crippen LogP contribution in [0.15, 0.2) is 41.5 Å². The summed E-state index contributed by atoms with van der Waals surface area (Å²) in [5.74, 6) is -0.892. The Morgan fingerprint density at radius 3 is 2.61 bits per heavy atom. The Bertz CT molecular complexity index is 735. The highest BCUT2D eigenvalue weighted by Gasteiger charge is 2.06. The fourth-order valence-electron chi connectivity index (χ4n) is 1.77. The summed E-state index contributed by atoms with van der Waals surface area (Å²) in [4.78, 5) is 0. The number of thiocarbonyl (C=S) groups is 1. The predicted molar refractivity (Wildman–Crippen MR) is 89.7 cm³/mol. The van der Waals surface area contributed by atoms with Gasteiger partial charge < -0.3 is 10.5 Å². The Labute approximate surface area is 141 Å². The van der Waals surface area contributed by atoms with Crippen LogP contribution in [0.5, 0.6) is 5.75 Å². The number of hydrazone groups is 1. The van der Waals surface area contributed by atoms with Crippen LogP contribution in [-0.4, -0.2) is 11.3 Å². The highest BCUT2D eigenvalue weighted by molar-refractivity contribution is 7.80. The van der Waals surface area contributed by atoms with Crippen LogP contribution in [-0.2, 0) is 6.61 Å². The maximum Gasteiger partial charge on any atom is 0.184 e. The maximum atomic E-state index is 13.2. The zero-order chi connectivity index (χ0) is 16.8. The summed E-state index contributed by atoms with van der Waals surface area (Å²) in [7, 11) is 0. The van der Waals surface area contributed by atoms with Gasteiger partial charge in [0.1, 0.15) is 24.0 Å². The molecule has 0 radical (unpaired) electrons. The Morgan fingerprint density at radius 1 is 1.26 bits per heavy atom. The number of halogens is 3. The molecule has 3 N–H and O–H groups in total. The molecule has 0 heterocycles. The summed E-state index contributed by atoms with van der Waals surface area (Å²) in [6, 6.07) is 8.06. The van der Waals surface area contributed by atoms with E-state index in [-0.39, 0.29) is 11.7 Å². The van der Waals surface area contributed by atoms with E-state index in [1.165, 1.54) is 18.3 Å². The highest BCUT2D eigenvalue weighted by atomic mass is 35.5. The summed E-state index contributed by atoms with van der Waals surface area (Å²) in [6.07, 6.45) is 1.42. The van der Waals surface area contributed by atoms with Gasteiger partial charge in [-0.15, -0.1) is 0 Å². The van der Waals surface area contributed by atoms with Gasteiger partial charge in [0, 0.05) is 16.7 Å². The molecule has 8 heteroatoms. The van der Waals surface area contributed by atoms with Gasteiger partial charge in [0.2, 0.25) is 0 Å². The summed E-state index contributed by atoms with van der Waals surface area (Å²) < 4.78 is 31.9. The molecular formula is C15H12ClF2N3OS. The normalized spacial score (nSPS) is 10.7. The first-order valence-corrected chi connectivity index (χ1v) is 7.18. The van der Waals surface area contributed by atoms with Crippen molar-refractivity contribution in [3.05, 3.63) is 64.2 Å². The Morgan fingerprint density at radius 2 is 1.96 bits per heavy atom. The van der Waals surface area contributed by atoms with Crippen LogP contribution in [0.4, 0.5) is 8.78 Å². The van der Waals surface area contributed by atoms with Gasteiger partial charge in [0.15, 0.2) is 5.11 Å². The number of nitrogens with one attached hydrogen (secondary N) is 1. The lowest BCUT2D eigenvalue weighted by molar-refractivity contribution is 0.304. The minimum Gasteiger partial charge on any atom is -0.488 e. The van der Waals surface area contributed by atoms with Crippen molar-refractivity contribution in [2.75, 3.05) is 0 Å². The van der Waals surface area contributed by atoms with Crippen molar-refractivity contribution in [1.29, 1.82) is 0 Å². The average molecular weight is 356 g/mol. The minimum atomic E-state index is -0.665. The van der Waals surface area contributed by atoms with Crippen molar-refractivity contribution in [2.45, 2.75) is 6.61 Å². The van der Waals surface area contributed by atoms with Crippen LogP contribution < -0.4 is 15.9 Å². The van der Waals surface area contributed by atoms with E-state index in [2.05, 4.69) is 22.7 Å². The molecular weight excluding hydrogens is 344 g/mol. The second-order valence-corrected chi connectivity index (χ2v) is 5.36. The van der Waals surface area contributed by atoms with Crippen LogP contribution in [0, 0.1) is 11.6 Å². The van der Waals surface area contributed by atoms with Gasteiger partial charge in [0.05, 0.1) is 6.21 Å². The standard InChI is InChI=1S/C15H12ClF2N3OS/c16-11-1-2-14(10(5-11)7-20-21-15(19)23)22-8-9-3-12(17)6-13(18)4-9/h1-7H,8H2,(H3,19,21,23). The van der Waals surface area contributed by atoms with E-state index in [4.69, 9.17) is 22.1 Å². The number of rotatable bonds is 5. The van der Waals surface area contributed by atoms with Gasteiger partial charge in [-0.1, -0.05) is 11.6 Å². The van der Waals surface area contributed by atoms with Crippen molar-refractivity contribution in [3.8, 4) is 5.75 Å². The van der Waals surface area contributed by atoms with Gasteiger partial charge in [-0.05, 0) is 48.1 Å². The Balaban J connectivity index is 2.15. The van der Waals surface area contributed by atoms with Crippen LogP contribution >= 0.6 is 23.8 Å². The Kier molecular flexibility index (Phi) is 5.84. The lowest BCUT2D eigenvalue weighted by atomic mass is 10.2. The van der Waals surface area contributed by atoms with Gasteiger partial charge >= 0.3 is 0 Å². The molecule has 0 aliphatic heterocycles. The molecule has 0 spiro atoms. The maximum absolute atomic E-state index is 13.2. The molecule has 23 heavy (non-hydrogen) atoms. The second-order valence-electron chi connectivity index (χ2n) is 4.48. The largest absolute Gasteiger partial charge is 0.488 e. The van der Waals surface area contributed by atoms with E-state index in [0.29, 0.717) is 21.9 Å². The van der Waals surface area contributed by atoms with Crippen molar-refractivity contribution in [3.63, 3.8) is 0 Å². The number of hydrogen-bond acceptors (Lipinski definition) is 3. The van der Waals surface area contributed by atoms with Crippen LogP contribution in [0.1, 0.15) is 11.1 Å². The predicted octanol–water partition coefficient (Wildman–Crippen LogP) is 3.36. The highest BCUT2D eigenvalue weighted by Crippen LogP contribution is 2.22. The quantitative estimate of drug-likeness (QED) is 0.490. The molecule has 0 aromatic heterocycles. The first-order valence-electron chi connectivity index (χ1n) is 6.40. The van der Waals surface area contributed by atoms with Crippen molar-refractivity contribution in [2.24, 2.45) is 10.8 Å². The van der Waals surface area contributed by atoms with E-state index in [9.17, 15) is 8.78 Å². The fourth-order valence-corrected chi connectivity index (χ4v) is 2.01. The summed E-state index contributed by atoms with van der Waals surface area (Å²) in [6.45, 7) is -0.0140. The van der Waals surface area contributed by atoms with Crippen molar-refractivity contribution >= 4 is 35.1 Å². The van der Waals surface area contributed by atoms with E-state index < -0.39 is 11.6 Å². The smallest absolute Gasteiger partial charge is 0.184 e. The zero-order valence-electron chi connectivity index (χ0n) is 11.7. The third kappa shape index (κ3) is 5.46. The molecule has 0 fully saturated rings.